The van der Waals surface area contributed by atoms with Crippen LogP contribution in [0.5, 0.6) is 0 Å². The fourth-order valence-corrected chi connectivity index (χ4v) is 4.80. The van der Waals surface area contributed by atoms with Gasteiger partial charge in [-0.05, 0) is 30.3 Å². The number of sulfonamides is 1. The third-order valence-corrected chi connectivity index (χ3v) is 6.42. The number of furan rings is 1. The van der Waals surface area contributed by atoms with Crippen LogP contribution in [0.4, 0.5) is 14.5 Å². The second kappa shape index (κ2) is 8.92. The smallest absolute Gasteiger partial charge is 0.282 e. The Labute approximate surface area is 211 Å². The van der Waals surface area contributed by atoms with Crippen molar-refractivity contribution in [1.29, 1.82) is 0 Å². The molecule has 5 rings (SSSR count). The number of halogens is 2. The molecule has 0 aliphatic heterocycles. The number of hydrogen-bond donors (Lipinski definition) is 2. The van der Waals surface area contributed by atoms with Crippen LogP contribution in [-0.2, 0) is 16.6 Å². The number of carbonyl (C=O) groups is 1. The molecule has 38 heavy (non-hydrogen) atoms. The molecular weight excluding hydrogens is 526 g/mol. The summed E-state index contributed by atoms with van der Waals surface area (Å²) < 4.78 is 62.3. The van der Waals surface area contributed by atoms with E-state index < -0.39 is 56.0 Å². The van der Waals surface area contributed by atoms with E-state index in [4.69, 9.17) is 4.42 Å². The zero-order valence-electron chi connectivity index (χ0n) is 19.3. The summed E-state index contributed by atoms with van der Waals surface area (Å²) in [5.74, 6) is -2.85. The van der Waals surface area contributed by atoms with Gasteiger partial charge >= 0.3 is 0 Å². The van der Waals surface area contributed by atoms with Crippen molar-refractivity contribution in [2.24, 2.45) is 0 Å². The number of amides is 1. The highest BCUT2D eigenvalue weighted by Gasteiger charge is 2.30. The van der Waals surface area contributed by atoms with Gasteiger partial charge in [0.25, 0.3) is 17.2 Å². The molecule has 1 amide bonds. The number of fused-ring (bicyclic) bond motifs is 3. The predicted molar refractivity (Wildman–Crippen MR) is 132 cm³/mol. The van der Waals surface area contributed by atoms with Gasteiger partial charge in [-0.2, -0.15) is 0 Å². The Morgan fingerprint density at radius 3 is 2.63 bits per heavy atom. The molecule has 3 aromatic heterocycles. The maximum absolute atomic E-state index is 15.1. The maximum Gasteiger partial charge on any atom is 0.282 e. The quantitative estimate of drug-likeness (QED) is 0.245. The van der Waals surface area contributed by atoms with Crippen LogP contribution in [0.1, 0.15) is 16.1 Å². The SMILES string of the molecule is CS(=O)(=O)NC(=O)c1c(-c2ccc[nH]c2=O)c2c3occc3c(F)cc2n1Cc1cc([N+](=O)[O-])ccc1F. The average molecular weight is 542 g/mol. The number of pyridine rings is 1. The molecule has 0 saturated carbocycles. The van der Waals surface area contributed by atoms with Gasteiger partial charge in [-0.15, -0.1) is 0 Å². The van der Waals surface area contributed by atoms with E-state index in [-0.39, 0.29) is 38.6 Å². The molecule has 14 heteroatoms. The van der Waals surface area contributed by atoms with Crippen LogP contribution in [0.2, 0.25) is 0 Å². The first kappa shape index (κ1) is 24.8. The summed E-state index contributed by atoms with van der Waals surface area (Å²) in [7, 11) is -4.13. The normalized spacial score (nSPS) is 11.8. The number of benzene rings is 2. The standard InChI is InChI=1S/C24H16F2N4O7S/c1-38(35,36)28-24(32)21-19(15-3-2-7-27-23(15)31)20-18(10-17(26)14-6-8-37-22(14)20)29(21)11-12-9-13(30(33)34)4-5-16(12)25/h2-10H,11H2,1H3,(H,27,31)(H,28,32). The Kier molecular flexibility index (Phi) is 5.83. The number of aromatic amines is 1. The summed E-state index contributed by atoms with van der Waals surface area (Å²) >= 11 is 0. The number of nitrogens with zero attached hydrogens (tertiary/aromatic N) is 2. The summed E-state index contributed by atoms with van der Waals surface area (Å²) in [5, 5.41) is 11.4. The summed E-state index contributed by atoms with van der Waals surface area (Å²) in [4.78, 5) is 39.3. The van der Waals surface area contributed by atoms with Crippen molar-refractivity contribution < 1.29 is 31.3 Å². The van der Waals surface area contributed by atoms with Gasteiger partial charge in [0.2, 0.25) is 10.0 Å². The molecule has 0 radical (unpaired) electrons. The lowest BCUT2D eigenvalue weighted by molar-refractivity contribution is -0.385. The molecule has 3 heterocycles. The number of nitro groups is 1. The summed E-state index contributed by atoms with van der Waals surface area (Å²) in [5.41, 5.74) is -2.08. The number of H-pyrrole nitrogens is 1. The Morgan fingerprint density at radius 1 is 1.18 bits per heavy atom. The largest absolute Gasteiger partial charge is 0.463 e. The molecule has 2 N–H and O–H groups in total. The van der Waals surface area contributed by atoms with E-state index in [2.05, 4.69) is 4.98 Å². The van der Waals surface area contributed by atoms with Crippen LogP contribution >= 0.6 is 0 Å². The molecule has 0 spiro atoms. The number of hydrogen-bond acceptors (Lipinski definition) is 7. The van der Waals surface area contributed by atoms with Crippen molar-refractivity contribution in [3.05, 3.63) is 98.3 Å². The van der Waals surface area contributed by atoms with E-state index in [9.17, 15) is 32.5 Å². The predicted octanol–water partition coefficient (Wildman–Crippen LogP) is 3.67. The highest BCUT2D eigenvalue weighted by molar-refractivity contribution is 7.89. The second-order valence-electron chi connectivity index (χ2n) is 8.37. The number of nitrogens with one attached hydrogen (secondary N) is 2. The second-order valence-corrected chi connectivity index (χ2v) is 10.1. The van der Waals surface area contributed by atoms with Crippen LogP contribution in [0.15, 0.2) is 64.1 Å². The van der Waals surface area contributed by atoms with Gasteiger partial charge in [-0.1, -0.05) is 0 Å². The van der Waals surface area contributed by atoms with Crippen molar-refractivity contribution in [3.8, 4) is 11.1 Å². The number of carbonyl (C=O) groups excluding carboxylic acids is 1. The lowest BCUT2D eigenvalue weighted by Gasteiger charge is -2.13. The molecule has 0 aliphatic rings. The first-order valence-corrected chi connectivity index (χ1v) is 12.7. The third kappa shape index (κ3) is 4.20. The lowest BCUT2D eigenvalue weighted by atomic mass is 10.0. The van der Waals surface area contributed by atoms with Crippen LogP contribution in [0.3, 0.4) is 0 Å². The molecule has 0 saturated heterocycles. The number of non-ortho nitro benzene ring substituents is 1. The van der Waals surface area contributed by atoms with Gasteiger partial charge in [0.15, 0.2) is 0 Å². The molecule has 5 aromatic rings. The molecule has 0 unspecified atom stereocenters. The van der Waals surface area contributed by atoms with E-state index in [1.807, 2.05) is 4.72 Å². The number of nitro benzene ring substituents is 1. The van der Waals surface area contributed by atoms with E-state index in [0.717, 1.165) is 35.1 Å². The van der Waals surface area contributed by atoms with Gasteiger partial charge in [0.1, 0.15) is 22.9 Å². The van der Waals surface area contributed by atoms with Crippen molar-refractivity contribution in [1.82, 2.24) is 14.3 Å². The van der Waals surface area contributed by atoms with Crippen LogP contribution in [0, 0.1) is 21.7 Å². The molecular formula is C24H16F2N4O7S. The van der Waals surface area contributed by atoms with Crippen LogP contribution in [0.25, 0.3) is 33.0 Å². The first-order chi connectivity index (χ1) is 18.0. The summed E-state index contributed by atoms with van der Waals surface area (Å²) in [6.07, 6.45) is 3.26. The van der Waals surface area contributed by atoms with E-state index in [1.165, 1.54) is 30.7 Å². The van der Waals surface area contributed by atoms with Gasteiger partial charge in [-0.3, -0.25) is 19.7 Å². The number of rotatable bonds is 6. The fraction of sp³-hybridized carbons (Fsp3) is 0.0833. The first-order valence-electron chi connectivity index (χ1n) is 10.8. The Bertz CT molecular complexity index is 1960. The average Bonchev–Trinajstić information content (AvgIpc) is 3.43. The summed E-state index contributed by atoms with van der Waals surface area (Å²) in [6.45, 7) is -0.563. The zero-order valence-corrected chi connectivity index (χ0v) is 20.1. The number of aromatic nitrogens is 2. The minimum Gasteiger partial charge on any atom is -0.463 e. The minimum absolute atomic E-state index is 0.0138. The highest BCUT2D eigenvalue weighted by Crippen LogP contribution is 2.40. The van der Waals surface area contributed by atoms with Crippen LogP contribution in [-0.4, -0.2) is 35.1 Å². The minimum atomic E-state index is -4.13. The molecule has 0 atom stereocenters. The summed E-state index contributed by atoms with van der Waals surface area (Å²) in [6, 6.07) is 7.93. The molecule has 0 fully saturated rings. The monoisotopic (exact) mass is 542 g/mol. The third-order valence-electron chi connectivity index (χ3n) is 5.87. The lowest BCUT2D eigenvalue weighted by Crippen LogP contribution is -2.32. The fourth-order valence-electron chi connectivity index (χ4n) is 4.37. The Hall–Kier alpha value is -4.85. The van der Waals surface area contributed by atoms with Crippen LogP contribution < -0.4 is 10.3 Å². The Balaban J connectivity index is 1.95. The van der Waals surface area contributed by atoms with Gasteiger partial charge in [-0.25, -0.2) is 21.9 Å². The van der Waals surface area contributed by atoms with E-state index >= 15 is 4.39 Å². The van der Waals surface area contributed by atoms with E-state index in [1.54, 1.807) is 0 Å². The van der Waals surface area contributed by atoms with Gasteiger partial charge < -0.3 is 14.0 Å². The molecule has 194 valence electrons. The zero-order chi connectivity index (χ0) is 27.4. The topological polar surface area (TPSA) is 157 Å². The molecule has 0 bridgehead atoms. The molecule has 11 nitrogen and oxygen atoms in total. The van der Waals surface area contributed by atoms with Crippen molar-refractivity contribution >= 4 is 43.5 Å². The van der Waals surface area contributed by atoms with Gasteiger partial charge in [0, 0.05) is 29.5 Å². The Morgan fingerprint density at radius 2 is 1.95 bits per heavy atom. The molecule has 0 aliphatic carbocycles. The maximum atomic E-state index is 15.1. The van der Waals surface area contributed by atoms with Crippen molar-refractivity contribution in [3.63, 3.8) is 0 Å². The molecule has 2 aromatic carbocycles. The van der Waals surface area contributed by atoms with Crippen molar-refractivity contribution in [2.45, 2.75) is 6.54 Å². The van der Waals surface area contributed by atoms with Crippen molar-refractivity contribution in [2.75, 3.05) is 6.26 Å². The highest BCUT2D eigenvalue weighted by atomic mass is 32.2. The van der Waals surface area contributed by atoms with E-state index in [0.29, 0.717) is 0 Å². The van der Waals surface area contributed by atoms with Gasteiger partial charge in [0.05, 0.1) is 45.8 Å².